The highest BCUT2D eigenvalue weighted by molar-refractivity contribution is 5.96. The van der Waals surface area contributed by atoms with Gasteiger partial charge in [-0.05, 0) is 25.5 Å². The molecule has 1 amide bonds. The van der Waals surface area contributed by atoms with Crippen LogP contribution in [-0.2, 0) is 4.74 Å². The molecule has 1 aromatic carbocycles. The number of nitrogens with one attached hydrogen (secondary N) is 1. The molecule has 0 bridgehead atoms. The molecule has 2 aromatic rings. The van der Waals surface area contributed by atoms with Gasteiger partial charge in [0.05, 0.1) is 12.1 Å². The Balaban J connectivity index is 2.17. The van der Waals surface area contributed by atoms with Crippen molar-refractivity contribution in [1.29, 1.82) is 0 Å². The highest BCUT2D eigenvalue weighted by Gasteiger charge is 2.27. The van der Waals surface area contributed by atoms with Crippen LogP contribution in [0.5, 0.6) is 0 Å². The zero-order chi connectivity index (χ0) is 14.6. The predicted octanol–water partition coefficient (Wildman–Crippen LogP) is 1.95. The smallest absolute Gasteiger partial charge is 0.287 e. The Morgan fingerprint density at radius 3 is 2.85 bits per heavy atom. The van der Waals surface area contributed by atoms with Crippen molar-refractivity contribution >= 4 is 16.9 Å². The maximum atomic E-state index is 12.2. The van der Waals surface area contributed by atoms with E-state index in [1.807, 2.05) is 31.2 Å². The van der Waals surface area contributed by atoms with Gasteiger partial charge >= 0.3 is 0 Å². The Bertz CT molecular complexity index is 551. The van der Waals surface area contributed by atoms with Crippen molar-refractivity contribution in [3.8, 4) is 0 Å². The second-order valence-corrected chi connectivity index (χ2v) is 5.07. The molecule has 20 heavy (non-hydrogen) atoms. The molecule has 5 heteroatoms. The molecule has 0 spiro atoms. The zero-order valence-corrected chi connectivity index (χ0v) is 11.7. The Morgan fingerprint density at radius 2 is 2.20 bits per heavy atom. The lowest BCUT2D eigenvalue weighted by Gasteiger charge is -2.28. The molecule has 0 saturated carbocycles. The standard InChI is InChI=1S/C15H19NO4/c1-15(7-8-17,10-19-2)16-14(18)13-9-11-5-3-4-6-12(11)20-13/h3-6,9,17H,7-8,10H2,1-2H3,(H,16,18). The molecule has 0 aliphatic rings. The largest absolute Gasteiger partial charge is 0.451 e. The summed E-state index contributed by atoms with van der Waals surface area (Å²) in [5.41, 5.74) is 0.0489. The van der Waals surface area contributed by atoms with E-state index in [1.54, 1.807) is 13.2 Å². The molecule has 2 N–H and O–H groups in total. The average Bonchev–Trinajstić information content (AvgIpc) is 2.82. The number of fused-ring (bicyclic) bond motifs is 1. The van der Waals surface area contributed by atoms with Gasteiger partial charge in [0, 0.05) is 19.1 Å². The number of aliphatic hydroxyl groups excluding tert-OH is 1. The fourth-order valence-corrected chi connectivity index (χ4v) is 2.17. The Labute approximate surface area is 117 Å². The Kier molecular flexibility index (Phi) is 4.42. The Morgan fingerprint density at radius 1 is 1.45 bits per heavy atom. The summed E-state index contributed by atoms with van der Waals surface area (Å²) in [6.45, 7) is 2.12. The molecule has 0 aliphatic carbocycles. The van der Waals surface area contributed by atoms with E-state index >= 15 is 0 Å². The zero-order valence-electron chi connectivity index (χ0n) is 11.7. The van der Waals surface area contributed by atoms with Crippen LogP contribution < -0.4 is 5.32 Å². The first kappa shape index (κ1) is 14.6. The van der Waals surface area contributed by atoms with Gasteiger partial charge in [0.2, 0.25) is 0 Å². The van der Waals surface area contributed by atoms with Crippen molar-refractivity contribution in [2.75, 3.05) is 20.3 Å². The molecule has 2 rings (SSSR count). The van der Waals surface area contributed by atoms with Crippen molar-refractivity contribution in [2.45, 2.75) is 18.9 Å². The van der Waals surface area contributed by atoms with Crippen molar-refractivity contribution in [1.82, 2.24) is 5.32 Å². The number of furan rings is 1. The quantitative estimate of drug-likeness (QED) is 0.846. The maximum absolute atomic E-state index is 12.2. The minimum absolute atomic E-state index is 0.0275. The van der Waals surface area contributed by atoms with Crippen molar-refractivity contribution in [3.63, 3.8) is 0 Å². The normalized spacial score (nSPS) is 14.2. The number of hydrogen-bond acceptors (Lipinski definition) is 4. The minimum atomic E-state index is -0.625. The van der Waals surface area contributed by atoms with Crippen molar-refractivity contribution < 1.29 is 19.1 Å². The highest BCUT2D eigenvalue weighted by Crippen LogP contribution is 2.20. The molecule has 1 unspecified atom stereocenters. The summed E-state index contributed by atoms with van der Waals surface area (Å²) in [7, 11) is 1.56. The van der Waals surface area contributed by atoms with E-state index in [4.69, 9.17) is 14.3 Å². The van der Waals surface area contributed by atoms with Crippen LogP contribution in [0.1, 0.15) is 23.9 Å². The van der Waals surface area contributed by atoms with E-state index in [-0.39, 0.29) is 18.3 Å². The lowest BCUT2D eigenvalue weighted by molar-refractivity contribution is 0.0705. The number of rotatable bonds is 6. The van der Waals surface area contributed by atoms with E-state index in [0.717, 1.165) is 5.39 Å². The Hall–Kier alpha value is -1.85. The topological polar surface area (TPSA) is 71.7 Å². The summed E-state index contributed by atoms with van der Waals surface area (Å²) in [5, 5.41) is 12.8. The van der Waals surface area contributed by atoms with E-state index in [2.05, 4.69) is 5.32 Å². The third-order valence-corrected chi connectivity index (χ3v) is 3.19. The summed E-state index contributed by atoms with van der Waals surface area (Å²) >= 11 is 0. The molecular formula is C15H19NO4. The summed E-state index contributed by atoms with van der Waals surface area (Å²) < 4.78 is 10.6. The lowest BCUT2D eigenvalue weighted by Crippen LogP contribution is -2.49. The minimum Gasteiger partial charge on any atom is -0.451 e. The molecule has 108 valence electrons. The maximum Gasteiger partial charge on any atom is 0.287 e. The second-order valence-electron chi connectivity index (χ2n) is 5.07. The van der Waals surface area contributed by atoms with Crippen LogP contribution in [0.3, 0.4) is 0 Å². The summed E-state index contributed by atoms with van der Waals surface area (Å²) in [5.74, 6) is -0.0549. The van der Waals surface area contributed by atoms with Gasteiger partial charge < -0.3 is 19.6 Å². The molecular weight excluding hydrogens is 258 g/mol. The molecule has 5 nitrogen and oxygen atoms in total. The molecule has 0 fully saturated rings. The SMILES string of the molecule is COCC(C)(CCO)NC(=O)c1cc2ccccc2o1. The second kappa shape index (κ2) is 6.07. The van der Waals surface area contributed by atoms with E-state index in [0.29, 0.717) is 18.6 Å². The summed E-state index contributed by atoms with van der Waals surface area (Å²) in [4.78, 5) is 12.2. The average molecular weight is 277 g/mol. The highest BCUT2D eigenvalue weighted by atomic mass is 16.5. The fraction of sp³-hybridized carbons (Fsp3) is 0.400. The number of carbonyl (C=O) groups excluding carboxylic acids is 1. The number of amides is 1. The van der Waals surface area contributed by atoms with Gasteiger partial charge in [-0.1, -0.05) is 18.2 Å². The molecule has 1 atom stereocenters. The van der Waals surface area contributed by atoms with Gasteiger partial charge in [0.1, 0.15) is 5.58 Å². The molecule has 1 heterocycles. The third kappa shape index (κ3) is 3.18. The molecule has 1 aromatic heterocycles. The lowest BCUT2D eigenvalue weighted by atomic mass is 9.99. The van der Waals surface area contributed by atoms with Crippen LogP contribution >= 0.6 is 0 Å². The number of carbonyl (C=O) groups is 1. The van der Waals surface area contributed by atoms with Crippen LogP contribution in [0, 0.1) is 0 Å². The van der Waals surface area contributed by atoms with Gasteiger partial charge in [0.15, 0.2) is 5.76 Å². The first-order valence-electron chi connectivity index (χ1n) is 6.49. The third-order valence-electron chi connectivity index (χ3n) is 3.19. The van der Waals surface area contributed by atoms with Crippen LogP contribution in [0.15, 0.2) is 34.7 Å². The van der Waals surface area contributed by atoms with E-state index in [9.17, 15) is 4.79 Å². The molecule has 0 aliphatic heterocycles. The van der Waals surface area contributed by atoms with E-state index < -0.39 is 5.54 Å². The number of methoxy groups -OCH3 is 1. The number of ether oxygens (including phenoxy) is 1. The van der Waals surface area contributed by atoms with Crippen LogP contribution in [-0.4, -0.2) is 36.9 Å². The van der Waals surface area contributed by atoms with Gasteiger partial charge in [-0.25, -0.2) is 0 Å². The van der Waals surface area contributed by atoms with Gasteiger partial charge in [-0.15, -0.1) is 0 Å². The van der Waals surface area contributed by atoms with Gasteiger partial charge in [0.25, 0.3) is 5.91 Å². The van der Waals surface area contributed by atoms with Gasteiger partial charge in [-0.2, -0.15) is 0 Å². The number of hydrogen-bond donors (Lipinski definition) is 2. The van der Waals surface area contributed by atoms with Gasteiger partial charge in [-0.3, -0.25) is 4.79 Å². The van der Waals surface area contributed by atoms with Crippen LogP contribution in [0.2, 0.25) is 0 Å². The van der Waals surface area contributed by atoms with Crippen molar-refractivity contribution in [2.24, 2.45) is 0 Å². The monoisotopic (exact) mass is 277 g/mol. The summed E-state index contributed by atoms with van der Waals surface area (Å²) in [6.07, 6.45) is 0.410. The van der Waals surface area contributed by atoms with E-state index in [1.165, 1.54) is 0 Å². The predicted molar refractivity (Wildman–Crippen MR) is 75.7 cm³/mol. The summed E-state index contributed by atoms with van der Waals surface area (Å²) in [6, 6.07) is 9.15. The van der Waals surface area contributed by atoms with Crippen LogP contribution in [0.4, 0.5) is 0 Å². The van der Waals surface area contributed by atoms with Crippen LogP contribution in [0.25, 0.3) is 11.0 Å². The molecule has 0 radical (unpaired) electrons. The number of benzene rings is 1. The van der Waals surface area contributed by atoms with Crippen molar-refractivity contribution in [3.05, 3.63) is 36.1 Å². The number of para-hydroxylation sites is 1. The number of aliphatic hydroxyl groups is 1. The molecule has 0 saturated heterocycles. The first-order valence-corrected chi connectivity index (χ1v) is 6.49. The first-order chi connectivity index (χ1) is 9.58. The fourth-order valence-electron chi connectivity index (χ4n) is 2.17.